The van der Waals surface area contributed by atoms with Crippen LogP contribution in [-0.4, -0.2) is 78.3 Å². The zero-order chi connectivity index (χ0) is 29.2. The summed E-state index contributed by atoms with van der Waals surface area (Å²) in [5.41, 5.74) is 8.23. The summed E-state index contributed by atoms with van der Waals surface area (Å²) in [6.07, 6.45) is 6.14. The van der Waals surface area contributed by atoms with E-state index in [1.807, 2.05) is 12.1 Å². The van der Waals surface area contributed by atoms with E-state index < -0.39 is 11.6 Å². The number of fused-ring (bicyclic) bond motifs is 2. The predicted molar refractivity (Wildman–Crippen MR) is 164 cm³/mol. The highest BCUT2D eigenvalue weighted by Gasteiger charge is 2.26. The summed E-state index contributed by atoms with van der Waals surface area (Å²) in [6.45, 7) is 5.61. The standard InChI is InChI=1S/C25H21F2N7OS.C5H11N/c1-35-25-32-20-16(23(33-25)34-9-7-29-8-10-34)11-15(13-3-2-6-30-12-13)18(19(20)27)14-4-5-17(26)22-21(14)31-24(28)36-22;1-6-4-2-3-5-6/h2-6,11-12,29H,7-10H2,1H3,(H2,28,31);2-5H2,1H3. The van der Waals surface area contributed by atoms with Gasteiger partial charge in [-0.15, -0.1) is 0 Å². The molecule has 5 heterocycles. The van der Waals surface area contributed by atoms with Crippen molar-refractivity contribution in [3.05, 3.63) is 54.4 Å². The number of anilines is 2. The van der Waals surface area contributed by atoms with Gasteiger partial charge in [0, 0.05) is 60.6 Å². The van der Waals surface area contributed by atoms with Gasteiger partial charge in [0.2, 0.25) is 0 Å². The van der Waals surface area contributed by atoms with Crippen LogP contribution in [0.2, 0.25) is 0 Å². The zero-order valence-electron chi connectivity index (χ0n) is 23.5. The monoisotopic (exact) mass is 590 g/mol. The molecule has 0 spiro atoms. The Bertz CT molecular complexity index is 1720. The predicted octanol–water partition coefficient (Wildman–Crippen LogP) is 4.96. The van der Waals surface area contributed by atoms with Crippen molar-refractivity contribution in [2.45, 2.75) is 12.8 Å². The number of hydrogen-bond donors (Lipinski definition) is 2. The average molecular weight is 591 g/mol. The van der Waals surface area contributed by atoms with Crippen molar-refractivity contribution < 1.29 is 13.5 Å². The molecule has 0 unspecified atom stereocenters. The van der Waals surface area contributed by atoms with E-state index in [0.717, 1.165) is 24.4 Å². The summed E-state index contributed by atoms with van der Waals surface area (Å²) in [5, 5.41) is 4.07. The summed E-state index contributed by atoms with van der Waals surface area (Å²) in [4.78, 5) is 22.0. The summed E-state index contributed by atoms with van der Waals surface area (Å²) in [7, 11) is 3.63. The molecular weight excluding hydrogens is 558 g/mol. The minimum absolute atomic E-state index is 0.0668. The molecule has 2 fully saturated rings. The van der Waals surface area contributed by atoms with Gasteiger partial charge in [-0.2, -0.15) is 9.97 Å². The summed E-state index contributed by atoms with van der Waals surface area (Å²) in [6, 6.07) is 8.39. The van der Waals surface area contributed by atoms with Gasteiger partial charge in [0.1, 0.15) is 17.2 Å². The molecule has 0 radical (unpaired) electrons. The largest absolute Gasteiger partial charge is 0.467 e. The van der Waals surface area contributed by atoms with Crippen molar-refractivity contribution in [2.75, 3.05) is 64.1 Å². The molecule has 0 bridgehead atoms. The van der Waals surface area contributed by atoms with Gasteiger partial charge in [-0.25, -0.2) is 13.8 Å². The summed E-state index contributed by atoms with van der Waals surface area (Å²) < 4.78 is 36.9. The van der Waals surface area contributed by atoms with E-state index in [1.54, 1.807) is 18.5 Å². The molecule has 0 saturated carbocycles. The maximum absolute atomic E-state index is 16.7. The highest BCUT2D eigenvalue weighted by Crippen LogP contribution is 2.44. The topological polar surface area (TPSA) is 105 Å². The molecular formula is C30H32F2N8OS. The van der Waals surface area contributed by atoms with Gasteiger partial charge in [-0.05, 0) is 62.8 Å². The first-order chi connectivity index (χ1) is 20.4. The number of aromatic nitrogens is 4. The molecule has 0 atom stereocenters. The number of nitrogens with one attached hydrogen (secondary N) is 1. The first kappa shape index (κ1) is 28.1. The van der Waals surface area contributed by atoms with Crippen molar-refractivity contribution in [1.29, 1.82) is 0 Å². The molecule has 12 heteroatoms. The van der Waals surface area contributed by atoms with Crippen LogP contribution in [0.25, 0.3) is 43.4 Å². The van der Waals surface area contributed by atoms with E-state index in [-0.39, 0.29) is 26.9 Å². The molecule has 2 aliphatic rings. The Labute approximate surface area is 246 Å². The van der Waals surface area contributed by atoms with Gasteiger partial charge in [-0.3, -0.25) is 4.98 Å². The SMILES string of the molecule is CN1CCCC1.COc1nc(N2CCNCC2)c2cc(-c3cccnc3)c(-c3ccc(F)c4sc(N)nc34)c(F)c2n1. The molecule has 3 aromatic heterocycles. The van der Waals surface area contributed by atoms with E-state index in [1.165, 1.54) is 45.2 Å². The van der Waals surface area contributed by atoms with Gasteiger partial charge < -0.3 is 25.6 Å². The third-order valence-corrected chi connectivity index (χ3v) is 8.47. The Morgan fingerprint density at radius 1 is 0.976 bits per heavy atom. The molecule has 2 aliphatic heterocycles. The van der Waals surface area contributed by atoms with Crippen molar-refractivity contribution in [2.24, 2.45) is 0 Å². The van der Waals surface area contributed by atoms with E-state index in [2.05, 4.69) is 42.1 Å². The molecule has 9 nitrogen and oxygen atoms in total. The molecule has 2 aromatic carbocycles. The van der Waals surface area contributed by atoms with Crippen LogP contribution in [-0.2, 0) is 0 Å². The fraction of sp³-hybridized carbons (Fsp3) is 0.333. The molecule has 3 N–H and O–H groups in total. The highest BCUT2D eigenvalue weighted by molar-refractivity contribution is 7.22. The Morgan fingerprint density at radius 3 is 2.43 bits per heavy atom. The summed E-state index contributed by atoms with van der Waals surface area (Å²) in [5.74, 6) is -0.448. The van der Waals surface area contributed by atoms with Crippen LogP contribution in [0.15, 0.2) is 42.7 Å². The average Bonchev–Trinajstić information content (AvgIpc) is 3.67. The van der Waals surface area contributed by atoms with Crippen LogP contribution in [0.5, 0.6) is 6.01 Å². The minimum atomic E-state index is -0.581. The Balaban J connectivity index is 0.000000470. The maximum atomic E-state index is 16.7. The molecule has 0 aliphatic carbocycles. The first-order valence-electron chi connectivity index (χ1n) is 13.9. The maximum Gasteiger partial charge on any atom is 0.318 e. The molecule has 2 saturated heterocycles. The number of ether oxygens (including phenoxy) is 1. The lowest BCUT2D eigenvalue weighted by molar-refractivity contribution is 0.381. The number of piperazine rings is 1. The van der Waals surface area contributed by atoms with Crippen LogP contribution in [0.4, 0.5) is 19.7 Å². The lowest BCUT2D eigenvalue weighted by Gasteiger charge is -2.29. The number of halogens is 2. The third-order valence-electron chi connectivity index (χ3n) is 7.57. The Kier molecular flexibility index (Phi) is 8.09. The van der Waals surface area contributed by atoms with Crippen molar-refractivity contribution >= 4 is 43.4 Å². The zero-order valence-corrected chi connectivity index (χ0v) is 24.3. The van der Waals surface area contributed by atoms with E-state index in [4.69, 9.17) is 10.5 Å². The fourth-order valence-electron chi connectivity index (χ4n) is 5.48. The van der Waals surface area contributed by atoms with Crippen LogP contribution in [0.1, 0.15) is 12.8 Å². The van der Waals surface area contributed by atoms with Crippen LogP contribution in [0.3, 0.4) is 0 Å². The Hall–Kier alpha value is -4.00. The lowest BCUT2D eigenvalue weighted by atomic mass is 9.92. The first-order valence-corrected chi connectivity index (χ1v) is 14.7. The van der Waals surface area contributed by atoms with Gasteiger partial charge in [0.15, 0.2) is 10.9 Å². The van der Waals surface area contributed by atoms with E-state index in [9.17, 15) is 4.39 Å². The van der Waals surface area contributed by atoms with Crippen molar-refractivity contribution in [3.63, 3.8) is 0 Å². The minimum Gasteiger partial charge on any atom is -0.467 e. The van der Waals surface area contributed by atoms with Crippen LogP contribution < -0.4 is 20.7 Å². The highest BCUT2D eigenvalue weighted by atomic mass is 32.1. The fourth-order valence-corrected chi connectivity index (χ4v) is 6.25. The normalized spacial score (nSPS) is 15.7. The van der Waals surface area contributed by atoms with Crippen LogP contribution >= 0.6 is 11.3 Å². The van der Waals surface area contributed by atoms with Gasteiger partial charge in [0.25, 0.3) is 0 Å². The number of nitrogens with two attached hydrogens (primary N) is 1. The molecule has 5 aromatic rings. The van der Waals surface area contributed by atoms with Gasteiger partial charge >= 0.3 is 6.01 Å². The number of pyridine rings is 1. The quantitative estimate of drug-likeness (QED) is 0.301. The number of nitrogen functional groups attached to an aromatic ring is 1. The number of likely N-dealkylation sites (tertiary alicyclic amines) is 1. The summed E-state index contributed by atoms with van der Waals surface area (Å²) >= 11 is 1.02. The second kappa shape index (κ2) is 12.1. The molecule has 7 rings (SSSR count). The lowest BCUT2D eigenvalue weighted by Crippen LogP contribution is -2.44. The van der Waals surface area contributed by atoms with Crippen molar-refractivity contribution in [1.82, 2.24) is 30.2 Å². The number of nitrogens with zero attached hydrogens (tertiary/aromatic N) is 6. The number of rotatable bonds is 4. The second-order valence-electron chi connectivity index (χ2n) is 10.4. The second-order valence-corrected chi connectivity index (χ2v) is 11.4. The van der Waals surface area contributed by atoms with Gasteiger partial charge in [0.05, 0.1) is 17.3 Å². The number of methoxy groups -OCH3 is 1. The van der Waals surface area contributed by atoms with Crippen LogP contribution in [0, 0.1) is 11.6 Å². The van der Waals surface area contributed by atoms with Crippen molar-refractivity contribution in [3.8, 4) is 28.3 Å². The number of thiazole rings is 1. The molecule has 0 amide bonds. The third kappa shape index (κ3) is 5.44. The van der Waals surface area contributed by atoms with Gasteiger partial charge in [-0.1, -0.05) is 17.4 Å². The number of hydrogen-bond acceptors (Lipinski definition) is 10. The number of benzene rings is 2. The smallest absolute Gasteiger partial charge is 0.318 e. The molecule has 42 heavy (non-hydrogen) atoms. The van der Waals surface area contributed by atoms with E-state index >= 15 is 4.39 Å². The van der Waals surface area contributed by atoms with E-state index in [0.29, 0.717) is 46.5 Å². The molecule has 218 valence electrons. The Morgan fingerprint density at radius 2 is 1.76 bits per heavy atom.